The van der Waals surface area contributed by atoms with Gasteiger partial charge in [0.25, 0.3) is 0 Å². The molecule has 120 valence electrons. The number of hydrogen-bond acceptors (Lipinski definition) is 3. The first-order valence-corrected chi connectivity index (χ1v) is 7.57. The number of amides is 1. The van der Waals surface area contributed by atoms with Gasteiger partial charge in [0.2, 0.25) is 5.91 Å². The van der Waals surface area contributed by atoms with Gasteiger partial charge in [-0.15, -0.1) is 0 Å². The van der Waals surface area contributed by atoms with Gasteiger partial charge >= 0.3 is 0 Å². The first kappa shape index (κ1) is 15.4. The molecule has 0 aliphatic carbocycles. The first-order valence-electron chi connectivity index (χ1n) is 7.57. The molecule has 0 spiro atoms. The fraction of sp³-hybridized carbons (Fsp3) is 0.353. The third kappa shape index (κ3) is 3.16. The summed E-state index contributed by atoms with van der Waals surface area (Å²) in [6, 6.07) is 6.44. The number of aromatic nitrogens is 3. The van der Waals surface area contributed by atoms with E-state index in [1.807, 2.05) is 25.5 Å². The largest absolute Gasteiger partial charge is 0.335 e. The van der Waals surface area contributed by atoms with E-state index in [-0.39, 0.29) is 17.8 Å². The molecule has 23 heavy (non-hydrogen) atoms. The van der Waals surface area contributed by atoms with Crippen LogP contribution in [0.2, 0.25) is 0 Å². The van der Waals surface area contributed by atoms with Gasteiger partial charge in [0.05, 0.1) is 6.04 Å². The van der Waals surface area contributed by atoms with Crippen molar-refractivity contribution in [1.29, 1.82) is 0 Å². The molecule has 2 heterocycles. The van der Waals surface area contributed by atoms with Gasteiger partial charge < -0.3 is 4.90 Å². The minimum Gasteiger partial charge on any atom is -0.335 e. The summed E-state index contributed by atoms with van der Waals surface area (Å²) in [5.41, 5.74) is 1.48. The summed E-state index contributed by atoms with van der Waals surface area (Å²) in [5.74, 6) is 1.25. The number of halogens is 1. The summed E-state index contributed by atoms with van der Waals surface area (Å²) >= 11 is 0. The third-order valence-electron chi connectivity index (χ3n) is 4.05. The highest BCUT2D eigenvalue weighted by molar-refractivity contribution is 5.95. The molecule has 5 nitrogen and oxygen atoms in total. The Morgan fingerprint density at radius 1 is 1.35 bits per heavy atom. The molecule has 1 amide bonds. The van der Waals surface area contributed by atoms with Crippen molar-refractivity contribution < 1.29 is 9.18 Å². The van der Waals surface area contributed by atoms with Crippen molar-refractivity contribution in [1.82, 2.24) is 19.7 Å². The second-order valence-electron chi connectivity index (χ2n) is 5.89. The summed E-state index contributed by atoms with van der Waals surface area (Å²) in [5, 5.41) is 4.35. The van der Waals surface area contributed by atoms with E-state index in [1.54, 1.807) is 23.1 Å². The smallest absolute Gasteiger partial charge is 0.246 e. The number of likely N-dealkylation sites (tertiary alicyclic amines) is 1. The summed E-state index contributed by atoms with van der Waals surface area (Å²) < 4.78 is 15.1. The number of benzene rings is 1. The molecule has 1 aliphatic rings. The zero-order valence-electron chi connectivity index (χ0n) is 13.5. The van der Waals surface area contributed by atoms with Gasteiger partial charge in [0.15, 0.2) is 0 Å². The minimum absolute atomic E-state index is 0.0579. The van der Waals surface area contributed by atoms with E-state index < -0.39 is 0 Å². The van der Waals surface area contributed by atoms with Crippen LogP contribution >= 0.6 is 0 Å². The summed E-state index contributed by atoms with van der Waals surface area (Å²) in [6.45, 7) is 6.83. The molecule has 6 heteroatoms. The molecule has 0 radical (unpaired) electrons. The van der Waals surface area contributed by atoms with E-state index in [2.05, 4.69) is 10.1 Å². The van der Waals surface area contributed by atoms with Gasteiger partial charge in [0.1, 0.15) is 17.5 Å². The van der Waals surface area contributed by atoms with Crippen LogP contribution in [-0.2, 0) is 4.79 Å². The van der Waals surface area contributed by atoms with Crippen LogP contribution in [0.5, 0.6) is 0 Å². The molecular weight excluding hydrogens is 295 g/mol. The number of nitrogens with zero attached hydrogens (tertiary/aromatic N) is 4. The number of aryl methyl sites for hydroxylation is 2. The van der Waals surface area contributed by atoms with Crippen LogP contribution in [0.25, 0.3) is 5.57 Å². The second-order valence-corrected chi connectivity index (χ2v) is 5.89. The van der Waals surface area contributed by atoms with Gasteiger partial charge in [0, 0.05) is 19.2 Å². The molecular formula is C17H19FN4O. The molecule has 0 atom stereocenters. The van der Waals surface area contributed by atoms with Crippen LogP contribution in [0.15, 0.2) is 30.3 Å². The molecule has 0 N–H and O–H groups in total. The molecule has 0 saturated carbocycles. The number of rotatable bonds is 3. The van der Waals surface area contributed by atoms with Crippen molar-refractivity contribution in [3.05, 3.63) is 53.4 Å². The molecule has 1 saturated heterocycles. The normalized spacial score (nSPS) is 15.7. The van der Waals surface area contributed by atoms with Crippen LogP contribution in [0.1, 0.15) is 30.2 Å². The van der Waals surface area contributed by atoms with Crippen molar-refractivity contribution in [3.63, 3.8) is 0 Å². The second kappa shape index (κ2) is 5.95. The van der Waals surface area contributed by atoms with E-state index >= 15 is 0 Å². The summed E-state index contributed by atoms with van der Waals surface area (Å²) in [6.07, 6.45) is 1.56. The molecule has 2 aromatic rings. The molecule has 1 fully saturated rings. The molecule has 0 bridgehead atoms. The lowest BCUT2D eigenvalue weighted by molar-refractivity contribution is -0.131. The molecule has 1 aliphatic heterocycles. The van der Waals surface area contributed by atoms with Crippen LogP contribution in [0.4, 0.5) is 4.39 Å². The lowest BCUT2D eigenvalue weighted by Crippen LogP contribution is -2.50. The Morgan fingerprint density at radius 3 is 2.70 bits per heavy atom. The van der Waals surface area contributed by atoms with Gasteiger partial charge in [-0.05, 0) is 44.0 Å². The average Bonchev–Trinajstić information content (AvgIpc) is 2.76. The standard InChI is InChI=1S/C17H19FN4O/c1-11(14-5-4-6-15(18)8-14)7-17(23)21-9-16(10-21)22-13(3)19-12(2)20-22/h4-8,16H,9-10H2,1-3H3/b11-7+. The predicted molar refractivity (Wildman–Crippen MR) is 85.2 cm³/mol. The van der Waals surface area contributed by atoms with Gasteiger partial charge in [-0.2, -0.15) is 5.10 Å². The zero-order valence-corrected chi connectivity index (χ0v) is 13.5. The Hall–Kier alpha value is -2.50. The summed E-state index contributed by atoms with van der Waals surface area (Å²) in [4.78, 5) is 18.3. The topological polar surface area (TPSA) is 51.0 Å². The lowest BCUT2D eigenvalue weighted by atomic mass is 10.1. The minimum atomic E-state index is -0.302. The van der Waals surface area contributed by atoms with Crippen molar-refractivity contribution >= 4 is 11.5 Å². The van der Waals surface area contributed by atoms with E-state index in [4.69, 9.17) is 0 Å². The molecule has 3 rings (SSSR count). The van der Waals surface area contributed by atoms with Crippen LogP contribution in [-0.4, -0.2) is 38.7 Å². The number of hydrogen-bond donors (Lipinski definition) is 0. The monoisotopic (exact) mass is 314 g/mol. The van der Waals surface area contributed by atoms with E-state index in [9.17, 15) is 9.18 Å². The number of carbonyl (C=O) groups excluding carboxylic acids is 1. The fourth-order valence-corrected chi connectivity index (χ4v) is 2.77. The fourth-order valence-electron chi connectivity index (χ4n) is 2.77. The highest BCUT2D eigenvalue weighted by Crippen LogP contribution is 2.23. The first-order chi connectivity index (χ1) is 10.9. The maximum Gasteiger partial charge on any atom is 0.246 e. The van der Waals surface area contributed by atoms with Crippen molar-refractivity contribution in [2.75, 3.05) is 13.1 Å². The van der Waals surface area contributed by atoms with Crippen LogP contribution in [0.3, 0.4) is 0 Å². The Kier molecular flexibility index (Phi) is 3.98. The molecule has 0 unspecified atom stereocenters. The Bertz CT molecular complexity index is 775. The van der Waals surface area contributed by atoms with Gasteiger partial charge in [-0.3, -0.25) is 4.79 Å². The number of carbonyl (C=O) groups is 1. The Labute approximate surface area is 134 Å². The highest BCUT2D eigenvalue weighted by Gasteiger charge is 2.32. The summed E-state index contributed by atoms with van der Waals surface area (Å²) in [7, 11) is 0. The Balaban J connectivity index is 1.64. The van der Waals surface area contributed by atoms with Crippen LogP contribution < -0.4 is 0 Å². The van der Waals surface area contributed by atoms with Crippen molar-refractivity contribution in [2.24, 2.45) is 0 Å². The molecule has 1 aromatic carbocycles. The maximum absolute atomic E-state index is 13.2. The third-order valence-corrected chi connectivity index (χ3v) is 4.05. The maximum atomic E-state index is 13.2. The highest BCUT2D eigenvalue weighted by atomic mass is 19.1. The molecule has 1 aromatic heterocycles. The Morgan fingerprint density at radius 2 is 2.09 bits per heavy atom. The van der Waals surface area contributed by atoms with Gasteiger partial charge in [-0.1, -0.05) is 12.1 Å². The quantitative estimate of drug-likeness (QED) is 0.818. The predicted octanol–water partition coefficient (Wildman–Crippen LogP) is 2.52. The SMILES string of the molecule is C/C(=C\C(=O)N1CC(n2nc(C)nc2C)C1)c1cccc(F)c1. The lowest BCUT2D eigenvalue weighted by Gasteiger charge is -2.38. The van der Waals surface area contributed by atoms with Crippen LogP contribution in [0, 0.1) is 19.7 Å². The zero-order chi connectivity index (χ0) is 16.6. The number of allylic oxidation sites excluding steroid dienone is 1. The average molecular weight is 314 g/mol. The van der Waals surface area contributed by atoms with Crippen molar-refractivity contribution in [3.8, 4) is 0 Å². The van der Waals surface area contributed by atoms with Gasteiger partial charge in [-0.25, -0.2) is 14.1 Å². The van der Waals surface area contributed by atoms with Crippen molar-refractivity contribution in [2.45, 2.75) is 26.8 Å². The van der Waals surface area contributed by atoms with E-state index in [0.717, 1.165) is 22.8 Å². The van der Waals surface area contributed by atoms with E-state index in [0.29, 0.717) is 13.1 Å². The van der Waals surface area contributed by atoms with E-state index in [1.165, 1.54) is 12.1 Å².